The molecule has 0 amide bonds. The molecule has 0 aliphatic carbocycles. The third kappa shape index (κ3) is 4.19. The second kappa shape index (κ2) is 10.8. The smallest absolute Gasteiger partial charge is 0.143 e. The Labute approximate surface area is 300 Å². The maximum Gasteiger partial charge on any atom is 0.143 e. The van der Waals surface area contributed by atoms with Gasteiger partial charge in [-0.15, -0.1) is 0 Å². The summed E-state index contributed by atoms with van der Waals surface area (Å²) in [5, 5.41) is 6.39. The predicted octanol–water partition coefficient (Wildman–Crippen LogP) is 13.1. The average molecular weight is 656 g/mol. The van der Waals surface area contributed by atoms with Crippen LogP contribution in [0.1, 0.15) is 6.85 Å². The number of fused-ring (bicyclic) bond motifs is 9. The van der Waals surface area contributed by atoms with Crippen LogP contribution in [0, 0.1) is 0 Å². The summed E-state index contributed by atoms with van der Waals surface area (Å²) >= 11 is 0. The lowest BCUT2D eigenvalue weighted by molar-refractivity contribution is 0.670. The van der Waals surface area contributed by atoms with Gasteiger partial charge in [0.1, 0.15) is 11.2 Å². The number of hydrogen-bond acceptors (Lipinski definition) is 1. The van der Waals surface area contributed by atoms with Gasteiger partial charge in [0.2, 0.25) is 0 Å². The molecule has 0 atom stereocenters. The third-order valence-electron chi connectivity index (χ3n) is 10.2. The minimum absolute atomic E-state index is 0.142. The van der Waals surface area contributed by atoms with Crippen molar-refractivity contribution in [1.82, 2.24) is 9.13 Å². The van der Waals surface area contributed by atoms with Crippen LogP contribution in [0.5, 0.6) is 0 Å². The second-order valence-electron chi connectivity index (χ2n) is 13.0. The summed E-state index contributed by atoms with van der Waals surface area (Å²) in [5.74, 6) is 0. The first-order valence-corrected chi connectivity index (χ1v) is 17.0. The first-order chi connectivity index (χ1) is 27.4. The molecule has 0 bridgehead atoms. The lowest BCUT2D eigenvalue weighted by Crippen LogP contribution is -1.94. The van der Waals surface area contributed by atoms with Gasteiger partial charge in [0, 0.05) is 49.3 Å². The van der Waals surface area contributed by atoms with E-state index in [1.807, 2.05) is 48.5 Å². The number of aromatic nitrogens is 2. The summed E-state index contributed by atoms with van der Waals surface area (Å²) in [6, 6.07) is 50.7. The molecule has 3 heterocycles. The molecule has 0 N–H and O–H groups in total. The number of hydrogen-bond donors (Lipinski definition) is 0. The molecule has 3 nitrogen and oxygen atoms in total. The molecule has 0 saturated carbocycles. The molecule has 51 heavy (non-hydrogen) atoms. The van der Waals surface area contributed by atoms with E-state index >= 15 is 0 Å². The van der Waals surface area contributed by atoms with E-state index in [4.69, 9.17) is 11.3 Å². The van der Waals surface area contributed by atoms with Crippen LogP contribution in [-0.2, 0) is 0 Å². The first kappa shape index (κ1) is 23.5. The summed E-state index contributed by atoms with van der Waals surface area (Å²) in [4.78, 5) is 0. The van der Waals surface area contributed by atoms with Gasteiger partial charge in [-0.25, -0.2) is 0 Å². The Balaban J connectivity index is 1.04. The zero-order chi connectivity index (χ0) is 37.8. The van der Waals surface area contributed by atoms with Crippen molar-refractivity contribution in [2.75, 3.05) is 0 Å². The van der Waals surface area contributed by atoms with E-state index in [0.717, 1.165) is 93.5 Å². The van der Waals surface area contributed by atoms with Crippen molar-refractivity contribution >= 4 is 65.6 Å². The summed E-state index contributed by atoms with van der Waals surface area (Å²) in [6.07, 6.45) is 0. The van der Waals surface area contributed by atoms with Crippen LogP contribution in [0.4, 0.5) is 0 Å². The Kier molecular flexibility index (Phi) is 4.99. The summed E-state index contributed by atoms with van der Waals surface area (Å²) in [6.45, 7) is 0. The molecular formula is C48H30N2O. The van der Waals surface area contributed by atoms with Crippen LogP contribution in [-0.4, -0.2) is 9.13 Å². The number of benzene rings is 8. The Morgan fingerprint density at radius 3 is 1.59 bits per heavy atom. The van der Waals surface area contributed by atoms with Crippen LogP contribution in [0.25, 0.3) is 99.2 Å². The van der Waals surface area contributed by atoms with E-state index < -0.39 is 6.04 Å². The van der Waals surface area contributed by atoms with E-state index in [0.29, 0.717) is 0 Å². The molecule has 238 valence electrons. The SMILES string of the molecule is [2H]c1c([2H])c([2H])c(-n2c3ccccc3c3cc(-c4ccc5c(c4)c4ccccc4n5-c4ccc(-c5cccc6c5oc5ccccc56)cc4)ccc32)c([2H])c1[2H]. The highest BCUT2D eigenvalue weighted by atomic mass is 16.3. The van der Waals surface area contributed by atoms with Gasteiger partial charge < -0.3 is 13.6 Å². The largest absolute Gasteiger partial charge is 0.455 e. The molecule has 3 heteroatoms. The molecule has 0 aliphatic heterocycles. The van der Waals surface area contributed by atoms with Gasteiger partial charge >= 0.3 is 0 Å². The van der Waals surface area contributed by atoms with Gasteiger partial charge in [-0.1, -0.05) is 115 Å². The van der Waals surface area contributed by atoms with E-state index in [2.05, 4.69) is 108 Å². The summed E-state index contributed by atoms with van der Waals surface area (Å²) in [7, 11) is 0. The van der Waals surface area contributed by atoms with Crippen LogP contribution in [0.3, 0.4) is 0 Å². The highest BCUT2D eigenvalue weighted by Gasteiger charge is 2.17. The molecule has 0 radical (unpaired) electrons. The maximum atomic E-state index is 8.74. The molecule has 11 rings (SSSR count). The first-order valence-electron chi connectivity index (χ1n) is 19.5. The van der Waals surface area contributed by atoms with Gasteiger partial charge in [-0.05, 0) is 83.4 Å². The molecule has 0 fully saturated rings. The average Bonchev–Trinajstić information content (AvgIpc) is 3.90. The molecule has 11 aromatic rings. The fourth-order valence-corrected chi connectivity index (χ4v) is 7.94. The van der Waals surface area contributed by atoms with Crippen molar-refractivity contribution in [1.29, 1.82) is 0 Å². The van der Waals surface area contributed by atoms with Crippen molar-refractivity contribution in [2.45, 2.75) is 0 Å². The number of para-hydroxylation sites is 5. The van der Waals surface area contributed by atoms with Crippen molar-refractivity contribution in [3.05, 3.63) is 182 Å². The van der Waals surface area contributed by atoms with Gasteiger partial charge in [0.05, 0.1) is 28.9 Å². The molecule has 8 aromatic carbocycles. The van der Waals surface area contributed by atoms with Crippen molar-refractivity contribution in [3.8, 4) is 33.6 Å². The fourth-order valence-electron chi connectivity index (χ4n) is 7.94. The minimum Gasteiger partial charge on any atom is -0.455 e. The lowest BCUT2D eigenvalue weighted by Gasteiger charge is -2.10. The van der Waals surface area contributed by atoms with Crippen molar-refractivity contribution < 1.29 is 11.3 Å². The minimum atomic E-state index is -0.405. The Morgan fingerprint density at radius 2 is 0.922 bits per heavy atom. The molecule has 0 spiro atoms. The highest BCUT2D eigenvalue weighted by Crippen LogP contribution is 2.40. The van der Waals surface area contributed by atoms with Crippen molar-refractivity contribution in [2.24, 2.45) is 0 Å². The van der Waals surface area contributed by atoms with Crippen LogP contribution in [0.2, 0.25) is 0 Å². The number of nitrogens with zero attached hydrogens (tertiary/aromatic N) is 2. The van der Waals surface area contributed by atoms with Crippen LogP contribution >= 0.6 is 0 Å². The van der Waals surface area contributed by atoms with Gasteiger partial charge in [0.25, 0.3) is 0 Å². The maximum absolute atomic E-state index is 8.74. The van der Waals surface area contributed by atoms with Gasteiger partial charge in [-0.2, -0.15) is 0 Å². The van der Waals surface area contributed by atoms with Crippen molar-refractivity contribution in [3.63, 3.8) is 0 Å². The fraction of sp³-hybridized carbons (Fsp3) is 0. The molecule has 0 unspecified atom stereocenters. The van der Waals surface area contributed by atoms with E-state index in [1.54, 1.807) is 4.57 Å². The Bertz CT molecular complexity index is 3400. The standard InChI is InChI=1S/C48H30N2O/c1-2-11-34(12-3-1)49-43-18-7-4-13-37(43)41-29-32(23-27-45(41)49)33-24-28-46-42(30-33)38-14-5-8-19-44(38)50(46)35-25-21-31(22-26-35)36-16-10-17-40-39-15-6-9-20-47(39)51-48(36)40/h1-30H/i1D,2D,3D,11D,12D. The molecular weight excluding hydrogens is 621 g/mol. The second-order valence-corrected chi connectivity index (χ2v) is 13.0. The summed E-state index contributed by atoms with van der Waals surface area (Å²) in [5.41, 5.74) is 11.0. The topological polar surface area (TPSA) is 23.0 Å². The van der Waals surface area contributed by atoms with Crippen LogP contribution in [0.15, 0.2) is 186 Å². The lowest BCUT2D eigenvalue weighted by atomic mass is 10.0. The van der Waals surface area contributed by atoms with E-state index in [-0.39, 0.29) is 29.9 Å². The molecule has 0 aliphatic rings. The number of furan rings is 1. The quantitative estimate of drug-likeness (QED) is 0.185. The molecule has 3 aromatic heterocycles. The third-order valence-corrected chi connectivity index (χ3v) is 10.2. The Morgan fingerprint density at radius 1 is 0.392 bits per heavy atom. The van der Waals surface area contributed by atoms with E-state index in [9.17, 15) is 0 Å². The highest BCUT2D eigenvalue weighted by molar-refractivity contribution is 6.13. The normalized spacial score (nSPS) is 13.3. The zero-order valence-electron chi connectivity index (χ0n) is 32.2. The van der Waals surface area contributed by atoms with Crippen LogP contribution < -0.4 is 0 Å². The zero-order valence-corrected chi connectivity index (χ0v) is 27.2. The molecule has 0 saturated heterocycles. The summed E-state index contributed by atoms with van der Waals surface area (Å²) < 4.78 is 52.8. The van der Waals surface area contributed by atoms with Gasteiger partial charge in [0.15, 0.2) is 0 Å². The monoisotopic (exact) mass is 655 g/mol. The number of rotatable bonds is 4. The van der Waals surface area contributed by atoms with E-state index in [1.165, 1.54) is 0 Å². The van der Waals surface area contributed by atoms with Gasteiger partial charge in [-0.3, -0.25) is 0 Å². The Hall–Kier alpha value is -6.84. The predicted molar refractivity (Wildman–Crippen MR) is 213 cm³/mol.